The Bertz CT molecular complexity index is 711. The third kappa shape index (κ3) is 4.52. The molecule has 1 unspecified atom stereocenters. The van der Waals surface area contributed by atoms with Gasteiger partial charge in [-0.15, -0.1) is 23.7 Å². The van der Waals surface area contributed by atoms with Crippen molar-refractivity contribution < 1.29 is 4.39 Å². The molecular formula is C20H25ClFN3S. The summed E-state index contributed by atoms with van der Waals surface area (Å²) in [7, 11) is 0. The van der Waals surface area contributed by atoms with Crippen molar-refractivity contribution in [1.29, 1.82) is 0 Å². The number of thiazole rings is 1. The Morgan fingerprint density at radius 3 is 2.73 bits per heavy atom. The Kier molecular flexibility index (Phi) is 6.46. The van der Waals surface area contributed by atoms with E-state index in [9.17, 15) is 4.39 Å². The van der Waals surface area contributed by atoms with Gasteiger partial charge in [0.2, 0.25) is 0 Å². The van der Waals surface area contributed by atoms with Crippen molar-refractivity contribution in [2.45, 2.75) is 31.8 Å². The van der Waals surface area contributed by atoms with Crippen LogP contribution in [0.2, 0.25) is 0 Å². The third-order valence-corrected chi connectivity index (χ3v) is 6.29. The van der Waals surface area contributed by atoms with Gasteiger partial charge in [-0.25, -0.2) is 9.37 Å². The Hall–Kier alpha value is -1.27. The zero-order valence-electron chi connectivity index (χ0n) is 14.7. The van der Waals surface area contributed by atoms with Crippen LogP contribution >= 0.6 is 23.7 Å². The van der Waals surface area contributed by atoms with Crippen LogP contribution in [0.25, 0.3) is 6.08 Å². The summed E-state index contributed by atoms with van der Waals surface area (Å²) in [5, 5.41) is 6.72. The fraction of sp³-hybridized carbons (Fsp3) is 0.450. The highest BCUT2D eigenvalue weighted by Gasteiger charge is 2.56. The summed E-state index contributed by atoms with van der Waals surface area (Å²) in [6, 6.07) is 7.33. The smallest absolute Gasteiger partial charge is 0.123 e. The van der Waals surface area contributed by atoms with Crippen molar-refractivity contribution in [2.24, 2.45) is 5.41 Å². The number of rotatable bonds is 6. The Morgan fingerprint density at radius 2 is 2.04 bits per heavy atom. The first kappa shape index (κ1) is 19.5. The topological polar surface area (TPSA) is 28.2 Å². The summed E-state index contributed by atoms with van der Waals surface area (Å²) in [6.07, 6.45) is 10.1. The summed E-state index contributed by atoms with van der Waals surface area (Å²) in [5.41, 5.74) is 1.56. The summed E-state index contributed by atoms with van der Waals surface area (Å²) in [4.78, 5) is 7.05. The molecule has 2 heterocycles. The van der Waals surface area contributed by atoms with E-state index in [1.54, 1.807) is 11.3 Å². The van der Waals surface area contributed by atoms with E-state index < -0.39 is 0 Å². The molecule has 1 N–H and O–H groups in total. The normalized spacial score (nSPS) is 21.2. The molecule has 1 aliphatic heterocycles. The molecule has 1 atom stereocenters. The van der Waals surface area contributed by atoms with Gasteiger partial charge in [0.1, 0.15) is 10.8 Å². The highest BCUT2D eigenvalue weighted by Crippen LogP contribution is 2.56. The van der Waals surface area contributed by atoms with Crippen molar-refractivity contribution >= 4 is 29.8 Å². The second kappa shape index (κ2) is 8.61. The van der Waals surface area contributed by atoms with Gasteiger partial charge in [-0.1, -0.05) is 24.3 Å². The average molecular weight is 394 g/mol. The fourth-order valence-electron chi connectivity index (χ4n) is 4.01. The number of halogens is 2. The maximum Gasteiger partial charge on any atom is 0.123 e. The van der Waals surface area contributed by atoms with Crippen LogP contribution in [0, 0.1) is 11.2 Å². The second-order valence-corrected chi connectivity index (χ2v) is 8.12. The third-order valence-electron chi connectivity index (χ3n) is 5.53. The van der Waals surface area contributed by atoms with Crippen molar-refractivity contribution in [3.63, 3.8) is 0 Å². The lowest BCUT2D eigenvalue weighted by Crippen LogP contribution is -2.36. The molecule has 0 radical (unpaired) electrons. The molecule has 2 aliphatic rings. The van der Waals surface area contributed by atoms with Crippen molar-refractivity contribution in [1.82, 2.24) is 15.2 Å². The molecule has 3 nitrogen and oxygen atoms in total. The zero-order chi connectivity index (χ0) is 17.1. The number of nitrogens with one attached hydrogen (secondary N) is 1. The van der Waals surface area contributed by atoms with E-state index in [4.69, 9.17) is 0 Å². The number of aromatic nitrogens is 1. The quantitative estimate of drug-likeness (QED) is 0.790. The number of piperidine rings is 1. The Balaban J connectivity index is 0.00000196. The van der Waals surface area contributed by atoms with Crippen molar-refractivity contribution in [3.05, 3.63) is 58.3 Å². The summed E-state index contributed by atoms with van der Waals surface area (Å²) < 4.78 is 13.0. The number of hydrogen-bond donors (Lipinski definition) is 1. The molecule has 4 rings (SSSR count). The van der Waals surface area contributed by atoms with Crippen LogP contribution in [0.1, 0.15) is 29.8 Å². The molecule has 1 aliphatic carbocycles. The molecule has 26 heavy (non-hydrogen) atoms. The lowest BCUT2D eigenvalue weighted by atomic mass is 9.93. The summed E-state index contributed by atoms with van der Waals surface area (Å²) in [6.45, 7) is 4.13. The maximum absolute atomic E-state index is 13.0. The molecule has 0 bridgehead atoms. The largest absolute Gasteiger partial charge is 0.317 e. The molecule has 6 heteroatoms. The molecule has 1 aromatic heterocycles. The standard InChI is InChI=1S/C20H24FN3S.ClH/c21-17-5-3-16(4-6-17)2-1-12-24(15-19-23-11-13-25-19)18-14-20(18)7-9-22-10-8-20;/h1-6,11,13,18,22H,7-10,12,14-15H2;1H/b2-1+;. The zero-order valence-corrected chi connectivity index (χ0v) is 16.4. The Labute approximate surface area is 164 Å². The number of hydrogen-bond acceptors (Lipinski definition) is 4. The van der Waals surface area contributed by atoms with Gasteiger partial charge in [-0.3, -0.25) is 4.90 Å². The molecule has 1 spiro atoms. The molecule has 2 fully saturated rings. The van der Waals surface area contributed by atoms with Gasteiger partial charge < -0.3 is 5.32 Å². The van der Waals surface area contributed by atoms with Gasteiger partial charge >= 0.3 is 0 Å². The molecule has 1 aromatic carbocycles. The van der Waals surface area contributed by atoms with Crippen LogP contribution in [0.3, 0.4) is 0 Å². The van der Waals surface area contributed by atoms with E-state index in [1.807, 2.05) is 18.3 Å². The highest BCUT2D eigenvalue weighted by molar-refractivity contribution is 7.09. The van der Waals surface area contributed by atoms with Crippen molar-refractivity contribution in [2.75, 3.05) is 19.6 Å². The average Bonchev–Trinajstić information content (AvgIpc) is 3.06. The van der Waals surface area contributed by atoms with Gasteiger partial charge in [0.25, 0.3) is 0 Å². The number of nitrogens with zero attached hydrogens (tertiary/aromatic N) is 2. The lowest BCUT2D eigenvalue weighted by molar-refractivity contribution is 0.212. The summed E-state index contributed by atoms with van der Waals surface area (Å²) >= 11 is 1.73. The SMILES string of the molecule is Cl.Fc1ccc(/C=C/CN(Cc2nccs2)C2CC23CCNCC3)cc1. The van der Waals surface area contributed by atoms with Crippen molar-refractivity contribution in [3.8, 4) is 0 Å². The van der Waals surface area contributed by atoms with E-state index in [0.717, 1.165) is 31.7 Å². The maximum atomic E-state index is 13.0. The highest BCUT2D eigenvalue weighted by atomic mass is 35.5. The van der Waals surface area contributed by atoms with Crippen LogP contribution in [0.15, 0.2) is 41.9 Å². The van der Waals surface area contributed by atoms with E-state index in [1.165, 1.54) is 36.4 Å². The van der Waals surface area contributed by atoms with E-state index in [-0.39, 0.29) is 18.2 Å². The molecule has 140 valence electrons. The fourth-order valence-corrected chi connectivity index (χ4v) is 4.65. The monoisotopic (exact) mass is 393 g/mol. The van der Waals surface area contributed by atoms with Gasteiger partial charge in [0.15, 0.2) is 0 Å². The Morgan fingerprint density at radius 1 is 1.27 bits per heavy atom. The van der Waals surface area contributed by atoms with Gasteiger partial charge in [0, 0.05) is 24.2 Å². The van der Waals surface area contributed by atoms with Gasteiger partial charge in [0.05, 0.1) is 6.54 Å². The first-order chi connectivity index (χ1) is 12.3. The molecular weight excluding hydrogens is 369 g/mol. The van der Waals surface area contributed by atoms with E-state index in [2.05, 4.69) is 32.7 Å². The van der Waals surface area contributed by atoms with E-state index in [0.29, 0.717) is 11.5 Å². The predicted molar refractivity (Wildman–Crippen MR) is 108 cm³/mol. The molecule has 1 saturated carbocycles. The van der Waals surface area contributed by atoms with Crippen LogP contribution in [0.4, 0.5) is 4.39 Å². The van der Waals surface area contributed by atoms with Gasteiger partial charge in [-0.05, 0) is 55.5 Å². The number of benzene rings is 1. The lowest BCUT2D eigenvalue weighted by Gasteiger charge is -2.28. The molecule has 1 saturated heterocycles. The van der Waals surface area contributed by atoms with Crippen LogP contribution in [-0.2, 0) is 6.54 Å². The van der Waals surface area contributed by atoms with Crippen LogP contribution in [-0.4, -0.2) is 35.6 Å². The van der Waals surface area contributed by atoms with Gasteiger partial charge in [-0.2, -0.15) is 0 Å². The minimum atomic E-state index is -0.187. The first-order valence-corrected chi connectivity index (χ1v) is 9.88. The molecule has 2 aromatic rings. The first-order valence-electron chi connectivity index (χ1n) is 9.00. The predicted octanol–water partition coefficient (Wildman–Crippen LogP) is 4.36. The minimum Gasteiger partial charge on any atom is -0.317 e. The summed E-state index contributed by atoms with van der Waals surface area (Å²) in [5.74, 6) is -0.187. The van der Waals surface area contributed by atoms with Crippen LogP contribution in [0.5, 0.6) is 0 Å². The van der Waals surface area contributed by atoms with Crippen LogP contribution < -0.4 is 5.32 Å². The second-order valence-electron chi connectivity index (χ2n) is 7.14. The van der Waals surface area contributed by atoms with E-state index >= 15 is 0 Å². The minimum absolute atomic E-state index is 0. The molecule has 0 amide bonds.